The molecule has 0 atom stereocenters. The molecule has 26 heavy (non-hydrogen) atoms. The summed E-state index contributed by atoms with van der Waals surface area (Å²) in [4.78, 5) is 32.2. The van der Waals surface area contributed by atoms with Gasteiger partial charge in [0.1, 0.15) is 11.4 Å². The van der Waals surface area contributed by atoms with Crippen LogP contribution < -0.4 is 10.7 Å². The largest absolute Gasteiger partial charge is 0.451 e. The molecule has 0 saturated carbocycles. The Morgan fingerprint density at radius 2 is 2.04 bits per heavy atom. The Labute approximate surface area is 148 Å². The number of nitrogens with zero attached hydrogens (tertiary/aromatic N) is 1. The predicted molar refractivity (Wildman–Crippen MR) is 99.1 cm³/mol. The molecular weight excluding hydrogens is 330 g/mol. The van der Waals surface area contributed by atoms with Gasteiger partial charge in [-0.2, -0.15) is 0 Å². The van der Waals surface area contributed by atoms with Crippen molar-refractivity contribution in [1.82, 2.24) is 15.3 Å². The van der Waals surface area contributed by atoms with E-state index in [9.17, 15) is 9.59 Å². The van der Waals surface area contributed by atoms with Crippen molar-refractivity contribution in [3.05, 3.63) is 75.9 Å². The summed E-state index contributed by atoms with van der Waals surface area (Å²) in [6.45, 7) is 2.23. The number of amides is 1. The first-order valence-corrected chi connectivity index (χ1v) is 8.42. The molecule has 0 bridgehead atoms. The topological polar surface area (TPSA) is 88.0 Å². The van der Waals surface area contributed by atoms with E-state index in [-0.39, 0.29) is 17.7 Å². The van der Waals surface area contributed by atoms with Gasteiger partial charge in [-0.15, -0.1) is 0 Å². The summed E-state index contributed by atoms with van der Waals surface area (Å²) >= 11 is 0. The zero-order valence-electron chi connectivity index (χ0n) is 14.2. The molecule has 2 aromatic heterocycles. The molecule has 4 rings (SSSR count). The van der Waals surface area contributed by atoms with Crippen molar-refractivity contribution in [2.45, 2.75) is 19.9 Å². The molecular formula is C20H17N3O3. The number of H-pyrrole nitrogens is 1. The highest BCUT2D eigenvalue weighted by Gasteiger charge is 2.13. The van der Waals surface area contributed by atoms with E-state index in [1.165, 1.54) is 6.07 Å². The van der Waals surface area contributed by atoms with Crippen molar-refractivity contribution in [1.29, 1.82) is 0 Å². The van der Waals surface area contributed by atoms with Crippen LogP contribution in [0.15, 0.2) is 57.7 Å². The summed E-state index contributed by atoms with van der Waals surface area (Å²) in [5.41, 5.74) is 2.97. The fraction of sp³-hybridized carbons (Fsp3) is 0.150. The normalized spacial score (nSPS) is 11.1. The Hall–Kier alpha value is -3.41. The lowest BCUT2D eigenvalue weighted by Gasteiger charge is -2.05. The van der Waals surface area contributed by atoms with Crippen molar-refractivity contribution in [3.63, 3.8) is 0 Å². The maximum atomic E-state index is 12.4. The van der Waals surface area contributed by atoms with Gasteiger partial charge in [-0.25, -0.2) is 4.98 Å². The molecule has 1 amide bonds. The van der Waals surface area contributed by atoms with Crippen LogP contribution in [0.25, 0.3) is 22.0 Å². The third kappa shape index (κ3) is 2.97. The fourth-order valence-corrected chi connectivity index (χ4v) is 2.88. The molecule has 130 valence electrons. The third-order valence-corrected chi connectivity index (χ3v) is 4.28. The van der Waals surface area contributed by atoms with Crippen LogP contribution in [0.4, 0.5) is 0 Å². The van der Waals surface area contributed by atoms with Gasteiger partial charge in [0.05, 0.1) is 23.0 Å². The summed E-state index contributed by atoms with van der Waals surface area (Å²) in [6, 6.07) is 14.3. The number of fused-ring (bicyclic) bond motifs is 2. The number of hydrogen-bond donors (Lipinski definition) is 2. The van der Waals surface area contributed by atoms with E-state index in [2.05, 4.69) is 15.3 Å². The molecule has 0 radical (unpaired) electrons. The summed E-state index contributed by atoms with van der Waals surface area (Å²) in [5, 5.41) is 3.21. The van der Waals surface area contributed by atoms with E-state index in [4.69, 9.17) is 4.42 Å². The molecule has 0 saturated heterocycles. The Kier molecular flexibility index (Phi) is 4.01. The summed E-state index contributed by atoms with van der Waals surface area (Å²) < 4.78 is 5.61. The predicted octanol–water partition coefficient (Wildman–Crippen LogP) is 3.16. The molecule has 6 nitrogen and oxygen atoms in total. The number of para-hydroxylation sites is 2. The van der Waals surface area contributed by atoms with Gasteiger partial charge in [0.25, 0.3) is 5.91 Å². The van der Waals surface area contributed by atoms with Gasteiger partial charge >= 0.3 is 0 Å². The second-order valence-corrected chi connectivity index (χ2v) is 6.04. The second kappa shape index (κ2) is 6.48. The van der Waals surface area contributed by atoms with E-state index in [0.717, 1.165) is 23.0 Å². The Bertz CT molecular complexity index is 1140. The van der Waals surface area contributed by atoms with Gasteiger partial charge in [-0.1, -0.05) is 25.1 Å². The lowest BCUT2D eigenvalue weighted by Crippen LogP contribution is -2.24. The standard InChI is InChI=1S/C20H17N3O3/c1-2-12-7-8-17-13(9-12)16(24)10-18(26-17)20(25)21-11-19-22-14-5-3-4-6-15(14)23-19/h3-10H,2,11H2,1H3,(H,21,25)(H,22,23). The monoisotopic (exact) mass is 347 g/mol. The van der Waals surface area contributed by atoms with Gasteiger partial charge in [-0.3, -0.25) is 9.59 Å². The van der Waals surface area contributed by atoms with E-state index >= 15 is 0 Å². The number of carbonyl (C=O) groups excluding carboxylic acids is 1. The SMILES string of the molecule is CCc1ccc2oc(C(=O)NCc3nc4ccccc4[nH]3)cc(=O)c2c1. The zero-order chi connectivity index (χ0) is 18.1. The summed E-state index contributed by atoms with van der Waals surface area (Å²) in [7, 11) is 0. The lowest BCUT2D eigenvalue weighted by atomic mass is 10.1. The molecule has 2 heterocycles. The molecule has 0 unspecified atom stereocenters. The van der Waals surface area contributed by atoms with E-state index < -0.39 is 5.91 Å². The van der Waals surface area contributed by atoms with Crippen molar-refractivity contribution in [2.75, 3.05) is 0 Å². The van der Waals surface area contributed by atoms with Crippen molar-refractivity contribution in [2.24, 2.45) is 0 Å². The maximum Gasteiger partial charge on any atom is 0.287 e. The van der Waals surface area contributed by atoms with Crippen LogP contribution in [-0.2, 0) is 13.0 Å². The molecule has 0 spiro atoms. The van der Waals surface area contributed by atoms with Crippen LogP contribution in [0.5, 0.6) is 0 Å². The Morgan fingerprint density at radius 3 is 2.85 bits per heavy atom. The van der Waals surface area contributed by atoms with Crippen LogP contribution in [0.3, 0.4) is 0 Å². The van der Waals surface area contributed by atoms with E-state index in [0.29, 0.717) is 16.8 Å². The van der Waals surface area contributed by atoms with Gasteiger partial charge in [-0.05, 0) is 36.2 Å². The molecule has 0 fully saturated rings. The minimum absolute atomic E-state index is 0.0112. The first-order valence-electron chi connectivity index (χ1n) is 8.42. The molecule has 4 aromatic rings. The number of nitrogens with one attached hydrogen (secondary N) is 2. The van der Waals surface area contributed by atoms with Crippen LogP contribution in [-0.4, -0.2) is 15.9 Å². The Morgan fingerprint density at radius 1 is 1.19 bits per heavy atom. The third-order valence-electron chi connectivity index (χ3n) is 4.28. The van der Waals surface area contributed by atoms with Crippen molar-refractivity contribution < 1.29 is 9.21 Å². The average molecular weight is 347 g/mol. The number of hydrogen-bond acceptors (Lipinski definition) is 4. The zero-order valence-corrected chi connectivity index (χ0v) is 14.2. The Balaban J connectivity index is 1.56. The molecule has 2 aromatic carbocycles. The first kappa shape index (κ1) is 16.1. The minimum Gasteiger partial charge on any atom is -0.451 e. The van der Waals surface area contributed by atoms with Crippen LogP contribution in [0.2, 0.25) is 0 Å². The molecule has 2 N–H and O–H groups in total. The second-order valence-electron chi connectivity index (χ2n) is 6.04. The number of aryl methyl sites for hydroxylation is 1. The van der Waals surface area contributed by atoms with E-state index in [1.807, 2.05) is 37.3 Å². The number of benzene rings is 2. The summed E-state index contributed by atoms with van der Waals surface area (Å²) in [5.74, 6) is 0.169. The van der Waals surface area contributed by atoms with Gasteiger partial charge in [0, 0.05) is 6.07 Å². The summed E-state index contributed by atoms with van der Waals surface area (Å²) in [6.07, 6.45) is 0.828. The maximum absolute atomic E-state index is 12.4. The smallest absolute Gasteiger partial charge is 0.287 e. The average Bonchev–Trinajstić information content (AvgIpc) is 3.08. The number of aromatic nitrogens is 2. The fourth-order valence-electron chi connectivity index (χ4n) is 2.88. The molecule has 0 aliphatic heterocycles. The van der Waals surface area contributed by atoms with Crippen molar-refractivity contribution >= 4 is 27.9 Å². The first-order chi connectivity index (χ1) is 12.6. The molecule has 6 heteroatoms. The number of carbonyl (C=O) groups is 1. The van der Waals surface area contributed by atoms with Gasteiger partial charge in [0.2, 0.25) is 0 Å². The van der Waals surface area contributed by atoms with Crippen LogP contribution in [0.1, 0.15) is 28.9 Å². The molecule has 0 aliphatic carbocycles. The van der Waals surface area contributed by atoms with Crippen LogP contribution in [0, 0.1) is 0 Å². The van der Waals surface area contributed by atoms with Crippen LogP contribution >= 0.6 is 0 Å². The quantitative estimate of drug-likeness (QED) is 0.593. The van der Waals surface area contributed by atoms with E-state index in [1.54, 1.807) is 12.1 Å². The number of aromatic amines is 1. The number of imidazole rings is 1. The van der Waals surface area contributed by atoms with Gasteiger partial charge < -0.3 is 14.7 Å². The number of rotatable bonds is 4. The minimum atomic E-state index is -0.455. The van der Waals surface area contributed by atoms with Crippen molar-refractivity contribution in [3.8, 4) is 0 Å². The highest BCUT2D eigenvalue weighted by atomic mass is 16.3. The highest BCUT2D eigenvalue weighted by molar-refractivity contribution is 5.93. The lowest BCUT2D eigenvalue weighted by molar-refractivity contribution is 0.0923. The van der Waals surface area contributed by atoms with Gasteiger partial charge in [0.15, 0.2) is 11.2 Å². The molecule has 0 aliphatic rings. The highest BCUT2D eigenvalue weighted by Crippen LogP contribution is 2.15.